The predicted octanol–water partition coefficient (Wildman–Crippen LogP) is 3.37. The van der Waals surface area contributed by atoms with Crippen LogP contribution in [0, 0.1) is 20.8 Å². The summed E-state index contributed by atoms with van der Waals surface area (Å²) in [7, 11) is 1.92. The van der Waals surface area contributed by atoms with Gasteiger partial charge in [-0.05, 0) is 51.0 Å². The zero-order valence-corrected chi connectivity index (χ0v) is 15.6. The molecule has 26 heavy (non-hydrogen) atoms. The van der Waals surface area contributed by atoms with E-state index in [0.29, 0.717) is 12.8 Å². The van der Waals surface area contributed by atoms with Gasteiger partial charge in [-0.3, -0.25) is 9.48 Å². The van der Waals surface area contributed by atoms with Crippen LogP contribution in [0.4, 0.5) is 5.69 Å². The molecule has 2 heterocycles. The molecule has 0 aliphatic heterocycles. The SMILES string of the molecule is Cc1nccc(-c2cccc(NC(=O)CCc3c(C)nn(C)c3C)c2)n1. The molecule has 1 amide bonds. The van der Waals surface area contributed by atoms with Gasteiger partial charge in [-0.1, -0.05) is 12.1 Å². The van der Waals surface area contributed by atoms with Crippen molar-refractivity contribution in [2.75, 3.05) is 5.32 Å². The molecule has 134 valence electrons. The number of aromatic nitrogens is 4. The second-order valence-electron chi connectivity index (χ2n) is 6.39. The van der Waals surface area contributed by atoms with Crippen molar-refractivity contribution in [2.45, 2.75) is 33.6 Å². The Balaban J connectivity index is 1.67. The molecule has 0 aliphatic carbocycles. The molecule has 3 aromatic rings. The van der Waals surface area contributed by atoms with Crippen molar-refractivity contribution in [3.8, 4) is 11.3 Å². The maximum atomic E-state index is 12.4. The number of nitrogens with zero attached hydrogens (tertiary/aromatic N) is 4. The van der Waals surface area contributed by atoms with E-state index in [9.17, 15) is 4.79 Å². The third kappa shape index (κ3) is 3.96. The quantitative estimate of drug-likeness (QED) is 0.766. The lowest BCUT2D eigenvalue weighted by Gasteiger charge is -2.08. The first kappa shape index (κ1) is 17.8. The minimum atomic E-state index is -0.0105. The second-order valence-corrected chi connectivity index (χ2v) is 6.39. The number of carbonyl (C=O) groups is 1. The van der Waals surface area contributed by atoms with Gasteiger partial charge in [0.25, 0.3) is 0 Å². The molecule has 3 rings (SSSR count). The van der Waals surface area contributed by atoms with E-state index in [1.807, 2.05) is 62.8 Å². The van der Waals surface area contributed by atoms with Crippen LogP contribution in [-0.4, -0.2) is 25.7 Å². The van der Waals surface area contributed by atoms with Gasteiger partial charge in [0.2, 0.25) is 5.91 Å². The van der Waals surface area contributed by atoms with E-state index in [2.05, 4.69) is 20.4 Å². The average molecular weight is 349 g/mol. The molecule has 0 bridgehead atoms. The Kier molecular flexibility index (Phi) is 5.11. The van der Waals surface area contributed by atoms with Gasteiger partial charge in [-0.15, -0.1) is 0 Å². The second kappa shape index (κ2) is 7.47. The fourth-order valence-corrected chi connectivity index (χ4v) is 3.01. The maximum Gasteiger partial charge on any atom is 0.224 e. The lowest BCUT2D eigenvalue weighted by Crippen LogP contribution is -2.12. The first-order valence-corrected chi connectivity index (χ1v) is 8.63. The van der Waals surface area contributed by atoms with Crippen LogP contribution in [0.2, 0.25) is 0 Å². The summed E-state index contributed by atoms with van der Waals surface area (Å²) in [4.78, 5) is 20.9. The fourth-order valence-electron chi connectivity index (χ4n) is 3.01. The Morgan fingerprint density at radius 1 is 1.19 bits per heavy atom. The molecule has 2 aromatic heterocycles. The van der Waals surface area contributed by atoms with Crippen molar-refractivity contribution in [1.29, 1.82) is 0 Å². The highest BCUT2D eigenvalue weighted by Gasteiger charge is 2.12. The number of anilines is 1. The lowest BCUT2D eigenvalue weighted by molar-refractivity contribution is -0.116. The van der Waals surface area contributed by atoms with Crippen LogP contribution in [0.5, 0.6) is 0 Å². The summed E-state index contributed by atoms with van der Waals surface area (Å²) in [6.07, 6.45) is 2.84. The first-order chi connectivity index (χ1) is 12.4. The van der Waals surface area contributed by atoms with Crippen LogP contribution in [0.25, 0.3) is 11.3 Å². The Morgan fingerprint density at radius 3 is 2.69 bits per heavy atom. The van der Waals surface area contributed by atoms with Gasteiger partial charge in [0.05, 0.1) is 11.4 Å². The number of carbonyl (C=O) groups excluding carboxylic acids is 1. The number of hydrogen-bond acceptors (Lipinski definition) is 4. The topological polar surface area (TPSA) is 72.7 Å². The molecule has 6 nitrogen and oxygen atoms in total. The summed E-state index contributed by atoms with van der Waals surface area (Å²) >= 11 is 0. The number of nitrogens with one attached hydrogen (secondary N) is 1. The van der Waals surface area contributed by atoms with Crippen LogP contribution in [0.3, 0.4) is 0 Å². The van der Waals surface area contributed by atoms with Crippen molar-refractivity contribution in [3.63, 3.8) is 0 Å². The Labute approximate surface area is 153 Å². The minimum Gasteiger partial charge on any atom is -0.326 e. The van der Waals surface area contributed by atoms with Gasteiger partial charge in [-0.25, -0.2) is 9.97 Å². The highest BCUT2D eigenvalue weighted by molar-refractivity contribution is 5.91. The van der Waals surface area contributed by atoms with Crippen molar-refractivity contribution in [3.05, 3.63) is 59.3 Å². The van der Waals surface area contributed by atoms with E-state index in [1.165, 1.54) is 0 Å². The van der Waals surface area contributed by atoms with Crippen LogP contribution < -0.4 is 5.32 Å². The zero-order valence-electron chi connectivity index (χ0n) is 15.6. The summed E-state index contributed by atoms with van der Waals surface area (Å²) in [6, 6.07) is 9.57. The summed E-state index contributed by atoms with van der Waals surface area (Å²) in [5.41, 5.74) is 5.80. The lowest BCUT2D eigenvalue weighted by atomic mass is 10.1. The molecular formula is C20H23N5O. The summed E-state index contributed by atoms with van der Waals surface area (Å²) in [6.45, 7) is 5.87. The van der Waals surface area contributed by atoms with Crippen molar-refractivity contribution < 1.29 is 4.79 Å². The zero-order chi connectivity index (χ0) is 18.7. The van der Waals surface area contributed by atoms with Gasteiger partial charge in [-0.2, -0.15) is 5.10 Å². The fraction of sp³-hybridized carbons (Fsp3) is 0.300. The molecule has 6 heteroatoms. The highest BCUT2D eigenvalue weighted by atomic mass is 16.1. The molecule has 1 N–H and O–H groups in total. The van der Waals surface area contributed by atoms with Crippen molar-refractivity contribution in [1.82, 2.24) is 19.7 Å². The Bertz CT molecular complexity index is 945. The average Bonchev–Trinajstić information content (AvgIpc) is 2.85. The molecule has 0 saturated heterocycles. The van der Waals surface area contributed by atoms with E-state index in [-0.39, 0.29) is 5.91 Å². The molecule has 0 spiro atoms. The first-order valence-electron chi connectivity index (χ1n) is 8.63. The standard InChI is InChI=1S/C20H23N5O/c1-13-18(14(2)25(4)24-13)8-9-20(26)23-17-7-5-6-16(12-17)19-10-11-21-15(3)22-19/h5-7,10-12H,8-9H2,1-4H3,(H,23,26). The van der Waals surface area contributed by atoms with Gasteiger partial charge >= 0.3 is 0 Å². The van der Waals surface area contributed by atoms with E-state index in [0.717, 1.165) is 39.7 Å². The van der Waals surface area contributed by atoms with Crippen LogP contribution in [-0.2, 0) is 18.3 Å². The van der Waals surface area contributed by atoms with Crippen LogP contribution in [0.15, 0.2) is 36.5 Å². The minimum absolute atomic E-state index is 0.0105. The maximum absolute atomic E-state index is 12.4. The van der Waals surface area contributed by atoms with Gasteiger partial charge in [0, 0.05) is 36.6 Å². The van der Waals surface area contributed by atoms with Crippen LogP contribution in [0.1, 0.15) is 29.2 Å². The molecule has 0 radical (unpaired) electrons. The van der Waals surface area contributed by atoms with Gasteiger partial charge in [0.1, 0.15) is 5.82 Å². The van der Waals surface area contributed by atoms with Gasteiger partial charge < -0.3 is 5.32 Å². The molecule has 0 unspecified atom stereocenters. The largest absolute Gasteiger partial charge is 0.326 e. The predicted molar refractivity (Wildman–Crippen MR) is 102 cm³/mol. The Morgan fingerprint density at radius 2 is 2.00 bits per heavy atom. The molecule has 0 fully saturated rings. The normalized spacial score (nSPS) is 10.8. The smallest absolute Gasteiger partial charge is 0.224 e. The highest BCUT2D eigenvalue weighted by Crippen LogP contribution is 2.21. The molecular weight excluding hydrogens is 326 g/mol. The van der Waals surface area contributed by atoms with Crippen molar-refractivity contribution >= 4 is 11.6 Å². The van der Waals surface area contributed by atoms with Crippen LogP contribution >= 0.6 is 0 Å². The summed E-state index contributed by atoms with van der Waals surface area (Å²) in [5, 5.41) is 7.37. The number of hydrogen-bond donors (Lipinski definition) is 1. The summed E-state index contributed by atoms with van der Waals surface area (Å²) < 4.78 is 1.86. The number of benzene rings is 1. The third-order valence-corrected chi connectivity index (χ3v) is 4.48. The van der Waals surface area contributed by atoms with E-state index in [4.69, 9.17) is 0 Å². The molecule has 0 atom stereocenters. The number of rotatable bonds is 5. The number of amides is 1. The van der Waals surface area contributed by atoms with Crippen molar-refractivity contribution in [2.24, 2.45) is 7.05 Å². The molecule has 0 saturated carbocycles. The monoisotopic (exact) mass is 349 g/mol. The third-order valence-electron chi connectivity index (χ3n) is 4.48. The Hall–Kier alpha value is -3.02. The van der Waals surface area contributed by atoms with E-state index < -0.39 is 0 Å². The molecule has 1 aromatic carbocycles. The molecule has 0 aliphatic rings. The summed E-state index contributed by atoms with van der Waals surface area (Å²) in [5.74, 6) is 0.711. The van der Waals surface area contributed by atoms with E-state index >= 15 is 0 Å². The van der Waals surface area contributed by atoms with E-state index in [1.54, 1.807) is 6.20 Å². The number of aryl methyl sites for hydroxylation is 3. The van der Waals surface area contributed by atoms with Gasteiger partial charge in [0.15, 0.2) is 0 Å².